The number of anilines is 2. The fourth-order valence-corrected chi connectivity index (χ4v) is 2.46. The average Bonchev–Trinajstić information content (AvgIpc) is 2.52. The van der Waals surface area contributed by atoms with Crippen molar-refractivity contribution in [2.75, 3.05) is 44.0 Å². The molecule has 6 N–H and O–H groups in total. The van der Waals surface area contributed by atoms with E-state index in [0.29, 0.717) is 55.8 Å². The molecular formula is C19H30N4O5. The molecule has 156 valence electrons. The molecule has 0 bridgehead atoms. The summed E-state index contributed by atoms with van der Waals surface area (Å²) in [7, 11) is 0. The second-order valence-corrected chi connectivity index (χ2v) is 7.81. The van der Waals surface area contributed by atoms with Crippen molar-refractivity contribution in [3.05, 3.63) is 17.7 Å². The first-order chi connectivity index (χ1) is 13.2. The van der Waals surface area contributed by atoms with Gasteiger partial charge in [0.05, 0.1) is 32.1 Å². The highest BCUT2D eigenvalue weighted by Crippen LogP contribution is 2.33. The lowest BCUT2D eigenvalue weighted by Gasteiger charge is -2.26. The highest BCUT2D eigenvalue weighted by molar-refractivity contribution is 5.96. The molecule has 0 spiro atoms. The van der Waals surface area contributed by atoms with Crippen LogP contribution in [0.4, 0.5) is 16.2 Å². The molecule has 1 aliphatic rings. The van der Waals surface area contributed by atoms with Gasteiger partial charge in [-0.2, -0.15) is 0 Å². The summed E-state index contributed by atoms with van der Waals surface area (Å²) in [6.07, 6.45) is 0.120. The van der Waals surface area contributed by atoms with E-state index in [-0.39, 0.29) is 17.7 Å². The van der Waals surface area contributed by atoms with Gasteiger partial charge in [0.1, 0.15) is 11.4 Å². The summed E-state index contributed by atoms with van der Waals surface area (Å²) >= 11 is 0. The number of amides is 2. The van der Waals surface area contributed by atoms with Gasteiger partial charge in [-0.05, 0) is 39.3 Å². The molecule has 0 saturated carbocycles. The minimum absolute atomic E-state index is 0.254. The van der Waals surface area contributed by atoms with Gasteiger partial charge in [0.2, 0.25) is 5.91 Å². The SMILES string of the molecule is CC(C)(C)NC(=O)OCCCNc1c(N)cc(C(N)=O)cc1OCC1COC1. The van der Waals surface area contributed by atoms with E-state index < -0.39 is 12.0 Å². The van der Waals surface area contributed by atoms with Crippen LogP contribution in [0.1, 0.15) is 37.6 Å². The maximum absolute atomic E-state index is 11.6. The minimum Gasteiger partial charge on any atom is -0.491 e. The van der Waals surface area contributed by atoms with Crippen LogP contribution in [-0.4, -0.2) is 50.5 Å². The van der Waals surface area contributed by atoms with Crippen molar-refractivity contribution < 1.29 is 23.8 Å². The zero-order chi connectivity index (χ0) is 20.7. The molecular weight excluding hydrogens is 364 g/mol. The van der Waals surface area contributed by atoms with Crippen LogP contribution in [0.2, 0.25) is 0 Å². The summed E-state index contributed by atoms with van der Waals surface area (Å²) in [5.74, 6) is 0.210. The highest BCUT2D eigenvalue weighted by Gasteiger charge is 2.21. The Balaban J connectivity index is 1.89. The number of primary amides is 1. The Morgan fingerprint density at radius 2 is 2.00 bits per heavy atom. The van der Waals surface area contributed by atoms with E-state index in [4.69, 9.17) is 25.7 Å². The molecule has 1 fully saturated rings. The van der Waals surface area contributed by atoms with Crippen molar-refractivity contribution in [2.24, 2.45) is 11.7 Å². The van der Waals surface area contributed by atoms with Crippen LogP contribution in [0, 0.1) is 5.92 Å². The Hall–Kier alpha value is -2.68. The van der Waals surface area contributed by atoms with E-state index in [1.807, 2.05) is 20.8 Å². The zero-order valence-corrected chi connectivity index (χ0v) is 16.7. The van der Waals surface area contributed by atoms with E-state index in [0.717, 1.165) is 0 Å². The van der Waals surface area contributed by atoms with Gasteiger partial charge in [0, 0.05) is 23.6 Å². The summed E-state index contributed by atoms with van der Waals surface area (Å²) in [5.41, 5.74) is 12.3. The number of carbonyl (C=O) groups is 2. The molecule has 0 aromatic heterocycles. The Kier molecular flexibility index (Phi) is 7.33. The summed E-state index contributed by atoms with van der Waals surface area (Å²) < 4.78 is 16.1. The van der Waals surface area contributed by atoms with E-state index in [2.05, 4.69) is 10.6 Å². The van der Waals surface area contributed by atoms with Gasteiger partial charge in [-0.3, -0.25) is 4.79 Å². The molecule has 2 amide bonds. The molecule has 1 saturated heterocycles. The van der Waals surface area contributed by atoms with Gasteiger partial charge in [0.15, 0.2) is 0 Å². The van der Waals surface area contributed by atoms with Gasteiger partial charge in [0.25, 0.3) is 0 Å². The van der Waals surface area contributed by atoms with Crippen LogP contribution in [0.5, 0.6) is 5.75 Å². The summed E-state index contributed by atoms with van der Waals surface area (Å²) in [5, 5.41) is 5.91. The van der Waals surface area contributed by atoms with Gasteiger partial charge in [-0.1, -0.05) is 0 Å². The summed E-state index contributed by atoms with van der Waals surface area (Å²) in [4.78, 5) is 23.1. The number of nitrogens with two attached hydrogens (primary N) is 2. The van der Waals surface area contributed by atoms with Crippen LogP contribution in [0.3, 0.4) is 0 Å². The van der Waals surface area contributed by atoms with E-state index in [1.165, 1.54) is 6.07 Å². The van der Waals surface area contributed by atoms with Crippen LogP contribution < -0.4 is 26.8 Å². The normalized spacial score (nSPS) is 14.1. The minimum atomic E-state index is -0.576. The molecule has 0 radical (unpaired) electrons. The molecule has 9 nitrogen and oxygen atoms in total. The first-order valence-electron chi connectivity index (χ1n) is 9.28. The lowest BCUT2D eigenvalue weighted by molar-refractivity contribution is -0.0507. The Morgan fingerprint density at radius 1 is 1.29 bits per heavy atom. The molecule has 0 unspecified atom stereocenters. The van der Waals surface area contributed by atoms with Crippen molar-refractivity contribution in [1.82, 2.24) is 5.32 Å². The number of carbonyl (C=O) groups excluding carboxylic acids is 2. The first-order valence-corrected chi connectivity index (χ1v) is 9.28. The first kappa shape index (κ1) is 21.6. The fraction of sp³-hybridized carbons (Fsp3) is 0.579. The Morgan fingerprint density at radius 3 is 2.57 bits per heavy atom. The quantitative estimate of drug-likeness (QED) is 0.369. The molecule has 9 heteroatoms. The highest BCUT2D eigenvalue weighted by atomic mass is 16.5. The maximum atomic E-state index is 11.6. The predicted octanol–water partition coefficient (Wildman–Crippen LogP) is 1.72. The van der Waals surface area contributed by atoms with Gasteiger partial charge >= 0.3 is 6.09 Å². The molecule has 1 aromatic carbocycles. The van der Waals surface area contributed by atoms with Crippen molar-refractivity contribution in [1.29, 1.82) is 0 Å². The van der Waals surface area contributed by atoms with E-state index in [1.54, 1.807) is 6.07 Å². The molecule has 28 heavy (non-hydrogen) atoms. The number of ether oxygens (including phenoxy) is 3. The summed E-state index contributed by atoms with van der Waals surface area (Å²) in [6.45, 7) is 8.17. The molecule has 1 heterocycles. The number of nitrogens with one attached hydrogen (secondary N) is 2. The third kappa shape index (κ3) is 6.80. The number of rotatable bonds is 9. The summed E-state index contributed by atoms with van der Waals surface area (Å²) in [6, 6.07) is 3.09. The standard InChI is InChI=1S/C19H30N4O5/c1-19(2,3)23-18(25)27-6-4-5-22-16-14(20)7-13(17(21)24)8-15(16)28-11-12-9-26-10-12/h7-8,12,22H,4-6,9-11,20H2,1-3H3,(H2,21,24)(H,23,25). The lowest BCUT2D eigenvalue weighted by atomic mass is 10.1. The number of nitrogen functional groups attached to an aromatic ring is 1. The zero-order valence-electron chi connectivity index (χ0n) is 16.7. The lowest BCUT2D eigenvalue weighted by Crippen LogP contribution is -2.41. The topological polar surface area (TPSA) is 138 Å². The monoisotopic (exact) mass is 394 g/mol. The van der Waals surface area contributed by atoms with E-state index in [9.17, 15) is 9.59 Å². The average molecular weight is 394 g/mol. The Bertz CT molecular complexity index is 698. The van der Waals surface area contributed by atoms with Crippen molar-refractivity contribution >= 4 is 23.4 Å². The van der Waals surface area contributed by atoms with E-state index >= 15 is 0 Å². The van der Waals surface area contributed by atoms with Crippen LogP contribution in [0.25, 0.3) is 0 Å². The molecule has 1 aromatic rings. The fourth-order valence-electron chi connectivity index (χ4n) is 2.46. The Labute approximate surface area is 165 Å². The maximum Gasteiger partial charge on any atom is 0.407 e. The van der Waals surface area contributed by atoms with Crippen LogP contribution >= 0.6 is 0 Å². The third-order valence-electron chi connectivity index (χ3n) is 3.93. The van der Waals surface area contributed by atoms with Gasteiger partial charge < -0.3 is 36.3 Å². The van der Waals surface area contributed by atoms with Crippen molar-refractivity contribution in [2.45, 2.75) is 32.7 Å². The number of hydrogen-bond acceptors (Lipinski definition) is 7. The van der Waals surface area contributed by atoms with Crippen LogP contribution in [0.15, 0.2) is 12.1 Å². The third-order valence-corrected chi connectivity index (χ3v) is 3.93. The number of alkyl carbamates (subject to hydrolysis) is 1. The second-order valence-electron chi connectivity index (χ2n) is 7.81. The predicted molar refractivity (Wildman–Crippen MR) is 107 cm³/mol. The largest absolute Gasteiger partial charge is 0.491 e. The van der Waals surface area contributed by atoms with Gasteiger partial charge in [-0.25, -0.2) is 4.79 Å². The smallest absolute Gasteiger partial charge is 0.407 e. The number of benzene rings is 1. The van der Waals surface area contributed by atoms with Crippen molar-refractivity contribution in [3.8, 4) is 5.75 Å². The molecule has 1 aliphatic heterocycles. The molecule has 2 rings (SSSR count). The van der Waals surface area contributed by atoms with Gasteiger partial charge in [-0.15, -0.1) is 0 Å². The number of hydrogen-bond donors (Lipinski definition) is 4. The second kappa shape index (κ2) is 9.50. The molecule has 0 atom stereocenters. The molecule has 0 aliphatic carbocycles. The van der Waals surface area contributed by atoms with Crippen molar-refractivity contribution in [3.63, 3.8) is 0 Å². The van der Waals surface area contributed by atoms with Crippen LogP contribution in [-0.2, 0) is 9.47 Å².